The molecule has 0 unspecified atom stereocenters. The minimum atomic E-state index is -3.75. The number of aryl methyl sites for hydroxylation is 1. The highest BCUT2D eigenvalue weighted by Gasteiger charge is 2.15. The minimum Gasteiger partial charge on any atom is -0.325 e. The van der Waals surface area contributed by atoms with E-state index in [9.17, 15) is 13.2 Å². The Morgan fingerprint density at radius 3 is 2.35 bits per heavy atom. The third-order valence-corrected chi connectivity index (χ3v) is 4.70. The molecule has 0 heterocycles. The lowest BCUT2D eigenvalue weighted by Gasteiger charge is -2.09. The number of sulfonamides is 1. The number of carbonyl (C=O) groups is 1. The van der Waals surface area contributed by atoms with Crippen molar-refractivity contribution in [2.24, 2.45) is 0 Å². The highest BCUT2D eigenvalue weighted by atomic mass is 35.5. The van der Waals surface area contributed by atoms with Gasteiger partial charge in [-0.25, -0.2) is 13.1 Å². The van der Waals surface area contributed by atoms with Crippen LogP contribution in [0.15, 0.2) is 47.4 Å². The number of halogens is 2. The summed E-state index contributed by atoms with van der Waals surface area (Å²) >= 11 is 11.7. The fourth-order valence-electron chi connectivity index (χ4n) is 1.86. The zero-order valence-electron chi connectivity index (χ0n) is 12.1. The van der Waals surface area contributed by atoms with Crippen molar-refractivity contribution < 1.29 is 13.2 Å². The van der Waals surface area contributed by atoms with Gasteiger partial charge in [0.05, 0.1) is 11.4 Å². The molecule has 0 atom stereocenters. The van der Waals surface area contributed by atoms with E-state index < -0.39 is 22.5 Å². The van der Waals surface area contributed by atoms with E-state index in [0.717, 1.165) is 5.56 Å². The van der Waals surface area contributed by atoms with Crippen molar-refractivity contribution in [2.45, 2.75) is 11.8 Å². The highest BCUT2D eigenvalue weighted by molar-refractivity contribution is 7.89. The molecule has 5 nitrogen and oxygen atoms in total. The summed E-state index contributed by atoms with van der Waals surface area (Å²) in [5, 5.41) is 3.26. The number of hydrogen-bond acceptors (Lipinski definition) is 3. The van der Waals surface area contributed by atoms with Crippen LogP contribution in [0.4, 0.5) is 5.69 Å². The van der Waals surface area contributed by atoms with Gasteiger partial charge in [-0.05, 0) is 42.8 Å². The summed E-state index contributed by atoms with van der Waals surface area (Å²) in [5.74, 6) is -0.528. The summed E-state index contributed by atoms with van der Waals surface area (Å²) in [6, 6.07) is 11.0. The summed E-state index contributed by atoms with van der Waals surface area (Å²) in [4.78, 5) is 12.0. The minimum absolute atomic E-state index is 0.108. The van der Waals surface area contributed by atoms with Gasteiger partial charge in [0.15, 0.2) is 0 Å². The number of rotatable bonds is 5. The molecule has 0 saturated heterocycles. The maximum absolute atomic E-state index is 12.1. The van der Waals surface area contributed by atoms with Crippen LogP contribution in [0.3, 0.4) is 0 Å². The van der Waals surface area contributed by atoms with Crippen LogP contribution in [0, 0.1) is 6.92 Å². The molecule has 8 heteroatoms. The number of amides is 1. The van der Waals surface area contributed by atoms with Crippen LogP contribution in [0.5, 0.6) is 0 Å². The molecule has 2 aromatic carbocycles. The number of anilines is 1. The molecule has 1 amide bonds. The average molecular weight is 373 g/mol. The second-order valence-electron chi connectivity index (χ2n) is 4.85. The molecule has 0 spiro atoms. The quantitative estimate of drug-likeness (QED) is 0.845. The van der Waals surface area contributed by atoms with Gasteiger partial charge in [0, 0.05) is 15.7 Å². The monoisotopic (exact) mass is 372 g/mol. The highest BCUT2D eigenvalue weighted by Crippen LogP contribution is 2.22. The average Bonchev–Trinajstić information content (AvgIpc) is 2.44. The van der Waals surface area contributed by atoms with Crippen LogP contribution in [0.2, 0.25) is 10.0 Å². The molecular weight excluding hydrogens is 359 g/mol. The van der Waals surface area contributed by atoms with E-state index in [2.05, 4.69) is 10.0 Å². The van der Waals surface area contributed by atoms with Crippen molar-refractivity contribution in [1.29, 1.82) is 0 Å². The second kappa shape index (κ2) is 7.31. The molecule has 0 aliphatic carbocycles. The standard InChI is InChI=1S/C15H14Cl2N2O3S/c1-10-3-2-4-14(5-10)23(21,22)18-9-15(20)19-13-7-11(16)6-12(17)8-13/h2-8,18H,9H2,1H3,(H,19,20). The topological polar surface area (TPSA) is 75.3 Å². The Morgan fingerprint density at radius 1 is 1.09 bits per heavy atom. The van der Waals surface area contributed by atoms with Crippen molar-refractivity contribution in [1.82, 2.24) is 4.72 Å². The third kappa shape index (κ3) is 5.21. The van der Waals surface area contributed by atoms with Crippen LogP contribution in [-0.2, 0) is 14.8 Å². The van der Waals surface area contributed by atoms with Gasteiger partial charge in [-0.15, -0.1) is 0 Å². The third-order valence-electron chi connectivity index (χ3n) is 2.87. The van der Waals surface area contributed by atoms with Gasteiger partial charge in [0.1, 0.15) is 0 Å². The lowest BCUT2D eigenvalue weighted by atomic mass is 10.2. The molecule has 0 saturated carbocycles. The number of benzene rings is 2. The zero-order valence-corrected chi connectivity index (χ0v) is 14.5. The van der Waals surface area contributed by atoms with Crippen molar-refractivity contribution in [3.8, 4) is 0 Å². The fourth-order valence-corrected chi connectivity index (χ4v) is 3.47. The van der Waals surface area contributed by atoms with E-state index in [-0.39, 0.29) is 4.90 Å². The van der Waals surface area contributed by atoms with Crippen molar-refractivity contribution in [2.75, 3.05) is 11.9 Å². The van der Waals surface area contributed by atoms with Gasteiger partial charge in [-0.3, -0.25) is 4.79 Å². The SMILES string of the molecule is Cc1cccc(S(=O)(=O)NCC(=O)Nc2cc(Cl)cc(Cl)c2)c1. The lowest BCUT2D eigenvalue weighted by Crippen LogP contribution is -2.32. The van der Waals surface area contributed by atoms with E-state index in [1.165, 1.54) is 30.3 Å². The Kier molecular flexibility index (Phi) is 5.64. The van der Waals surface area contributed by atoms with E-state index in [1.807, 2.05) is 0 Å². The smallest absolute Gasteiger partial charge is 0.241 e. The summed E-state index contributed by atoms with van der Waals surface area (Å²) in [6.07, 6.45) is 0. The molecule has 2 aromatic rings. The van der Waals surface area contributed by atoms with Gasteiger partial charge >= 0.3 is 0 Å². The van der Waals surface area contributed by atoms with E-state index in [0.29, 0.717) is 15.7 Å². The molecule has 0 aromatic heterocycles. The Labute approximate surface area is 144 Å². The molecule has 0 bridgehead atoms. The largest absolute Gasteiger partial charge is 0.325 e. The van der Waals surface area contributed by atoms with Crippen LogP contribution in [0.1, 0.15) is 5.56 Å². The predicted molar refractivity (Wildman–Crippen MR) is 91.5 cm³/mol. The molecule has 2 rings (SSSR count). The Balaban J connectivity index is 2.01. The van der Waals surface area contributed by atoms with Gasteiger partial charge < -0.3 is 5.32 Å². The zero-order chi connectivity index (χ0) is 17.0. The van der Waals surface area contributed by atoms with Crippen molar-refractivity contribution >= 4 is 44.8 Å². The summed E-state index contributed by atoms with van der Waals surface area (Å²) in [5.41, 5.74) is 1.20. The maximum Gasteiger partial charge on any atom is 0.241 e. The predicted octanol–water partition coefficient (Wildman–Crippen LogP) is 3.22. The number of nitrogens with one attached hydrogen (secondary N) is 2. The Hall–Kier alpha value is -1.60. The van der Waals surface area contributed by atoms with E-state index >= 15 is 0 Å². The van der Waals surface area contributed by atoms with Crippen LogP contribution >= 0.6 is 23.2 Å². The van der Waals surface area contributed by atoms with Gasteiger partial charge in [0.2, 0.25) is 15.9 Å². The van der Waals surface area contributed by atoms with Crippen LogP contribution in [0.25, 0.3) is 0 Å². The van der Waals surface area contributed by atoms with Gasteiger partial charge in [-0.1, -0.05) is 35.3 Å². The molecule has 2 N–H and O–H groups in total. The van der Waals surface area contributed by atoms with Crippen LogP contribution in [-0.4, -0.2) is 20.9 Å². The fraction of sp³-hybridized carbons (Fsp3) is 0.133. The summed E-state index contributed by atoms with van der Waals surface area (Å²) in [7, 11) is -3.75. The molecule has 0 aliphatic heterocycles. The Morgan fingerprint density at radius 2 is 1.74 bits per heavy atom. The molecule has 0 aliphatic rings. The van der Waals surface area contributed by atoms with E-state index in [1.54, 1.807) is 19.1 Å². The molecular formula is C15H14Cl2N2O3S. The molecule has 23 heavy (non-hydrogen) atoms. The van der Waals surface area contributed by atoms with E-state index in [4.69, 9.17) is 23.2 Å². The molecule has 0 fully saturated rings. The second-order valence-corrected chi connectivity index (χ2v) is 7.49. The first-order valence-corrected chi connectivity index (χ1v) is 8.82. The number of carbonyl (C=O) groups excluding carboxylic acids is 1. The first-order chi connectivity index (χ1) is 10.8. The van der Waals surface area contributed by atoms with Crippen molar-refractivity contribution in [3.63, 3.8) is 0 Å². The van der Waals surface area contributed by atoms with Crippen molar-refractivity contribution in [3.05, 3.63) is 58.1 Å². The first-order valence-electron chi connectivity index (χ1n) is 6.58. The lowest BCUT2D eigenvalue weighted by molar-refractivity contribution is -0.115. The van der Waals surface area contributed by atoms with Gasteiger partial charge in [0.25, 0.3) is 0 Å². The molecule has 0 radical (unpaired) electrons. The molecule has 122 valence electrons. The summed E-state index contributed by atoms with van der Waals surface area (Å²) in [6.45, 7) is 1.38. The number of hydrogen-bond donors (Lipinski definition) is 2. The maximum atomic E-state index is 12.1. The Bertz CT molecular complexity index is 818. The summed E-state index contributed by atoms with van der Waals surface area (Å²) < 4.78 is 26.5. The normalized spacial score (nSPS) is 11.3. The first kappa shape index (κ1) is 17.7. The van der Waals surface area contributed by atoms with Crippen LogP contribution < -0.4 is 10.0 Å². The van der Waals surface area contributed by atoms with Gasteiger partial charge in [-0.2, -0.15) is 0 Å².